The van der Waals surface area contributed by atoms with Gasteiger partial charge in [0.25, 0.3) is 5.69 Å². The van der Waals surface area contributed by atoms with Crippen LogP contribution in [0.25, 0.3) is 0 Å². The third kappa shape index (κ3) is 1.96. The summed E-state index contributed by atoms with van der Waals surface area (Å²) in [6.07, 6.45) is 0.0928. The molecule has 2 rings (SSSR count). The average Bonchev–Trinajstić information content (AvgIpc) is 2.65. The van der Waals surface area contributed by atoms with Gasteiger partial charge in [-0.25, -0.2) is 4.99 Å². The highest BCUT2D eigenvalue weighted by atomic mass is 16.6. The predicted molar refractivity (Wildman–Crippen MR) is 55.0 cm³/mol. The number of benzene rings is 1. The van der Waals surface area contributed by atoms with Gasteiger partial charge in [-0.3, -0.25) is 10.1 Å². The van der Waals surface area contributed by atoms with Crippen LogP contribution in [0.2, 0.25) is 0 Å². The Hall–Kier alpha value is -1.91. The molecule has 0 spiro atoms. The van der Waals surface area contributed by atoms with Crippen molar-refractivity contribution in [1.29, 1.82) is 0 Å². The van der Waals surface area contributed by atoms with E-state index in [0.29, 0.717) is 12.4 Å². The zero-order chi connectivity index (χ0) is 10.8. The van der Waals surface area contributed by atoms with Gasteiger partial charge in [-0.1, -0.05) is 0 Å². The fourth-order valence-corrected chi connectivity index (χ4v) is 1.36. The zero-order valence-electron chi connectivity index (χ0n) is 8.21. The Morgan fingerprint density at radius 1 is 1.47 bits per heavy atom. The SMILES string of the molecule is CC1CN=C(c2ccc([N+](=O)[O-])cc2)O1. The van der Waals surface area contributed by atoms with Crippen molar-refractivity contribution in [3.05, 3.63) is 39.9 Å². The number of rotatable bonds is 2. The summed E-state index contributed by atoms with van der Waals surface area (Å²) in [5, 5.41) is 10.4. The minimum absolute atomic E-state index is 0.0744. The lowest BCUT2D eigenvalue weighted by Gasteiger charge is -2.04. The van der Waals surface area contributed by atoms with Crippen molar-refractivity contribution in [2.24, 2.45) is 4.99 Å². The molecule has 5 nitrogen and oxygen atoms in total. The first-order valence-electron chi connectivity index (χ1n) is 4.63. The quantitative estimate of drug-likeness (QED) is 0.547. The molecule has 0 bridgehead atoms. The van der Waals surface area contributed by atoms with Gasteiger partial charge < -0.3 is 4.74 Å². The van der Waals surface area contributed by atoms with Gasteiger partial charge in [0, 0.05) is 17.7 Å². The first kappa shape index (κ1) is 9.64. The second-order valence-corrected chi connectivity index (χ2v) is 3.38. The summed E-state index contributed by atoms with van der Waals surface area (Å²) >= 11 is 0. The van der Waals surface area contributed by atoms with Crippen molar-refractivity contribution in [2.75, 3.05) is 6.54 Å². The Kier molecular flexibility index (Phi) is 2.37. The molecule has 1 aromatic rings. The number of nitro benzene ring substituents is 1. The number of hydrogen-bond donors (Lipinski definition) is 0. The molecule has 1 aliphatic rings. The van der Waals surface area contributed by atoms with Crippen LogP contribution in [0.3, 0.4) is 0 Å². The van der Waals surface area contributed by atoms with Gasteiger partial charge >= 0.3 is 0 Å². The third-order valence-electron chi connectivity index (χ3n) is 2.13. The lowest BCUT2D eigenvalue weighted by Crippen LogP contribution is -2.08. The van der Waals surface area contributed by atoms with Crippen molar-refractivity contribution < 1.29 is 9.66 Å². The molecule has 0 saturated carbocycles. The lowest BCUT2D eigenvalue weighted by molar-refractivity contribution is -0.384. The van der Waals surface area contributed by atoms with Crippen molar-refractivity contribution in [3.63, 3.8) is 0 Å². The molecule has 1 aromatic carbocycles. The molecule has 1 atom stereocenters. The molecule has 0 radical (unpaired) electrons. The topological polar surface area (TPSA) is 64.7 Å². The standard InChI is InChI=1S/C10H10N2O3/c1-7-6-11-10(15-7)8-2-4-9(5-3-8)12(13)14/h2-5,7H,6H2,1H3. The van der Waals surface area contributed by atoms with Crippen LogP contribution in [-0.4, -0.2) is 23.5 Å². The van der Waals surface area contributed by atoms with Gasteiger partial charge in [-0.05, 0) is 19.1 Å². The van der Waals surface area contributed by atoms with E-state index in [0.717, 1.165) is 5.56 Å². The summed E-state index contributed by atoms with van der Waals surface area (Å²) in [5.41, 5.74) is 0.857. The number of hydrogen-bond acceptors (Lipinski definition) is 4. The van der Waals surface area contributed by atoms with Crippen LogP contribution in [0.5, 0.6) is 0 Å². The van der Waals surface area contributed by atoms with E-state index in [1.165, 1.54) is 12.1 Å². The fourth-order valence-electron chi connectivity index (χ4n) is 1.36. The number of non-ortho nitro benzene ring substituents is 1. The fraction of sp³-hybridized carbons (Fsp3) is 0.300. The number of ether oxygens (including phenoxy) is 1. The van der Waals surface area contributed by atoms with E-state index in [-0.39, 0.29) is 11.8 Å². The highest BCUT2D eigenvalue weighted by Gasteiger charge is 2.17. The largest absolute Gasteiger partial charge is 0.472 e. The minimum atomic E-state index is -0.427. The molecule has 0 aromatic heterocycles. The van der Waals surface area contributed by atoms with Gasteiger partial charge in [0.05, 0.1) is 11.5 Å². The summed E-state index contributed by atoms with van der Waals surface area (Å²) < 4.78 is 5.43. The van der Waals surface area contributed by atoms with Crippen LogP contribution in [-0.2, 0) is 4.74 Å². The summed E-state index contributed by atoms with van der Waals surface area (Å²) in [5.74, 6) is 0.567. The maximum absolute atomic E-state index is 10.4. The molecule has 0 fully saturated rings. The monoisotopic (exact) mass is 206 g/mol. The van der Waals surface area contributed by atoms with Crippen LogP contribution in [0.1, 0.15) is 12.5 Å². The number of nitro groups is 1. The maximum Gasteiger partial charge on any atom is 0.269 e. The molecule has 1 heterocycles. The Morgan fingerprint density at radius 3 is 2.60 bits per heavy atom. The summed E-state index contributed by atoms with van der Waals surface area (Å²) in [7, 11) is 0. The third-order valence-corrected chi connectivity index (χ3v) is 2.13. The van der Waals surface area contributed by atoms with Gasteiger partial charge in [0.1, 0.15) is 6.10 Å². The van der Waals surface area contributed by atoms with Crippen LogP contribution in [0, 0.1) is 10.1 Å². The lowest BCUT2D eigenvalue weighted by atomic mass is 10.2. The smallest absolute Gasteiger partial charge is 0.269 e. The highest BCUT2D eigenvalue weighted by Crippen LogP contribution is 2.16. The molecule has 5 heteroatoms. The van der Waals surface area contributed by atoms with E-state index in [1.807, 2.05) is 6.92 Å². The maximum atomic E-state index is 10.4. The second-order valence-electron chi connectivity index (χ2n) is 3.38. The highest BCUT2D eigenvalue weighted by molar-refractivity contribution is 5.95. The summed E-state index contributed by atoms with van der Waals surface area (Å²) in [6.45, 7) is 2.58. The molecular weight excluding hydrogens is 196 g/mol. The van der Waals surface area contributed by atoms with Crippen LogP contribution >= 0.6 is 0 Å². The van der Waals surface area contributed by atoms with E-state index in [1.54, 1.807) is 12.1 Å². The Bertz CT molecular complexity index is 411. The molecule has 0 aliphatic carbocycles. The summed E-state index contributed by atoms with van der Waals surface area (Å²) in [4.78, 5) is 14.2. The van der Waals surface area contributed by atoms with Gasteiger partial charge in [-0.15, -0.1) is 0 Å². The van der Waals surface area contributed by atoms with E-state index >= 15 is 0 Å². The van der Waals surface area contributed by atoms with E-state index in [9.17, 15) is 10.1 Å². The first-order chi connectivity index (χ1) is 7.16. The van der Waals surface area contributed by atoms with E-state index in [2.05, 4.69) is 4.99 Å². The zero-order valence-corrected chi connectivity index (χ0v) is 8.21. The van der Waals surface area contributed by atoms with Crippen molar-refractivity contribution in [3.8, 4) is 0 Å². The normalized spacial score (nSPS) is 19.5. The Labute approximate surface area is 86.5 Å². The molecule has 78 valence electrons. The minimum Gasteiger partial charge on any atom is -0.472 e. The van der Waals surface area contributed by atoms with Crippen molar-refractivity contribution >= 4 is 11.6 Å². The second kappa shape index (κ2) is 3.68. The Morgan fingerprint density at radius 2 is 2.13 bits per heavy atom. The number of nitrogens with zero attached hydrogens (tertiary/aromatic N) is 2. The molecule has 0 amide bonds. The van der Waals surface area contributed by atoms with Gasteiger partial charge in [0.15, 0.2) is 0 Å². The molecular formula is C10H10N2O3. The average molecular weight is 206 g/mol. The van der Waals surface area contributed by atoms with Crippen LogP contribution in [0.4, 0.5) is 5.69 Å². The van der Waals surface area contributed by atoms with Crippen molar-refractivity contribution in [1.82, 2.24) is 0 Å². The first-order valence-corrected chi connectivity index (χ1v) is 4.63. The molecule has 15 heavy (non-hydrogen) atoms. The van der Waals surface area contributed by atoms with Gasteiger partial charge in [0.2, 0.25) is 5.90 Å². The molecule has 1 unspecified atom stereocenters. The van der Waals surface area contributed by atoms with Crippen molar-refractivity contribution in [2.45, 2.75) is 13.0 Å². The van der Waals surface area contributed by atoms with E-state index < -0.39 is 4.92 Å². The molecule has 1 aliphatic heterocycles. The Balaban J connectivity index is 2.21. The van der Waals surface area contributed by atoms with Crippen LogP contribution in [0.15, 0.2) is 29.3 Å². The van der Waals surface area contributed by atoms with Crippen LogP contribution < -0.4 is 0 Å². The predicted octanol–water partition coefficient (Wildman–Crippen LogP) is 1.76. The number of aliphatic imine (C=N–C) groups is 1. The molecule has 0 saturated heterocycles. The summed E-state index contributed by atoms with van der Waals surface area (Å²) in [6, 6.07) is 6.19. The van der Waals surface area contributed by atoms with Gasteiger partial charge in [-0.2, -0.15) is 0 Å². The van der Waals surface area contributed by atoms with E-state index in [4.69, 9.17) is 4.74 Å². The molecule has 0 N–H and O–H groups in total.